The molecule has 0 atom stereocenters. The van der Waals surface area contributed by atoms with E-state index < -0.39 is 5.97 Å². The van der Waals surface area contributed by atoms with Crippen molar-refractivity contribution in [3.8, 4) is 11.3 Å². The Hall–Kier alpha value is -2.89. The van der Waals surface area contributed by atoms with Crippen LogP contribution in [0.5, 0.6) is 0 Å². The molecule has 2 heterocycles. The van der Waals surface area contributed by atoms with Crippen molar-refractivity contribution in [2.24, 2.45) is 0 Å². The molecule has 0 spiro atoms. The Morgan fingerprint density at radius 3 is 2.81 bits per heavy atom. The molecule has 6 heteroatoms. The molecule has 0 aliphatic carbocycles. The molecule has 0 fully saturated rings. The molecule has 0 bridgehead atoms. The molecule has 21 heavy (non-hydrogen) atoms. The molecular weight excluding hydrogens is 270 g/mol. The molecule has 0 amide bonds. The Morgan fingerprint density at radius 2 is 2.10 bits per heavy atom. The minimum atomic E-state index is -0.510. The SMILES string of the molecule is CCOC(=O)c1cc2c(-c3ccccc3)noc2nc1N. The van der Waals surface area contributed by atoms with Gasteiger partial charge in [-0.3, -0.25) is 0 Å². The first-order chi connectivity index (χ1) is 10.2. The first-order valence-corrected chi connectivity index (χ1v) is 6.49. The van der Waals surface area contributed by atoms with Crippen LogP contribution in [-0.4, -0.2) is 22.7 Å². The minimum Gasteiger partial charge on any atom is -0.462 e. The van der Waals surface area contributed by atoms with Crippen molar-refractivity contribution in [2.45, 2.75) is 6.92 Å². The lowest BCUT2D eigenvalue weighted by Gasteiger charge is -2.04. The van der Waals surface area contributed by atoms with Crippen LogP contribution in [-0.2, 0) is 4.74 Å². The second-order valence-electron chi connectivity index (χ2n) is 4.39. The van der Waals surface area contributed by atoms with Crippen LogP contribution in [0, 0.1) is 0 Å². The van der Waals surface area contributed by atoms with Gasteiger partial charge in [-0.1, -0.05) is 35.5 Å². The van der Waals surface area contributed by atoms with E-state index in [4.69, 9.17) is 15.0 Å². The van der Waals surface area contributed by atoms with E-state index in [0.717, 1.165) is 5.56 Å². The zero-order valence-corrected chi connectivity index (χ0v) is 11.4. The third-order valence-corrected chi connectivity index (χ3v) is 3.04. The Labute approximate surface area is 120 Å². The average Bonchev–Trinajstić information content (AvgIpc) is 2.90. The lowest BCUT2D eigenvalue weighted by molar-refractivity contribution is 0.0527. The van der Waals surface area contributed by atoms with Crippen molar-refractivity contribution in [3.05, 3.63) is 42.0 Å². The Morgan fingerprint density at radius 1 is 1.33 bits per heavy atom. The summed E-state index contributed by atoms with van der Waals surface area (Å²) in [5.74, 6) is -0.443. The number of rotatable bonds is 3. The van der Waals surface area contributed by atoms with Crippen molar-refractivity contribution < 1.29 is 14.1 Å². The van der Waals surface area contributed by atoms with Gasteiger partial charge in [-0.25, -0.2) is 4.79 Å². The predicted octanol–water partition coefficient (Wildman–Crippen LogP) is 2.65. The minimum absolute atomic E-state index is 0.0664. The number of hydrogen-bond donors (Lipinski definition) is 1. The highest BCUT2D eigenvalue weighted by molar-refractivity contribution is 6.00. The Balaban J connectivity index is 2.17. The highest BCUT2D eigenvalue weighted by Crippen LogP contribution is 2.29. The van der Waals surface area contributed by atoms with Crippen molar-refractivity contribution in [3.63, 3.8) is 0 Å². The van der Waals surface area contributed by atoms with E-state index >= 15 is 0 Å². The van der Waals surface area contributed by atoms with Gasteiger partial charge in [0.05, 0.1) is 12.0 Å². The van der Waals surface area contributed by atoms with E-state index in [1.54, 1.807) is 13.0 Å². The van der Waals surface area contributed by atoms with Gasteiger partial charge in [0.1, 0.15) is 17.1 Å². The van der Waals surface area contributed by atoms with Crippen molar-refractivity contribution in [2.75, 3.05) is 12.3 Å². The van der Waals surface area contributed by atoms with Crippen molar-refractivity contribution in [1.29, 1.82) is 0 Å². The predicted molar refractivity (Wildman–Crippen MR) is 77.6 cm³/mol. The summed E-state index contributed by atoms with van der Waals surface area (Å²) in [7, 11) is 0. The molecule has 0 aliphatic heterocycles. The lowest BCUT2D eigenvalue weighted by atomic mass is 10.1. The molecule has 0 unspecified atom stereocenters. The summed E-state index contributed by atoms with van der Waals surface area (Å²) < 4.78 is 10.2. The third-order valence-electron chi connectivity index (χ3n) is 3.04. The quantitative estimate of drug-likeness (QED) is 0.743. The monoisotopic (exact) mass is 283 g/mol. The number of ether oxygens (including phenoxy) is 1. The number of nitrogens with two attached hydrogens (primary N) is 1. The van der Waals surface area contributed by atoms with Gasteiger partial charge < -0.3 is 15.0 Å². The van der Waals surface area contributed by atoms with E-state index in [1.807, 2.05) is 30.3 Å². The number of benzene rings is 1. The standard InChI is InChI=1S/C15H13N3O3/c1-2-20-15(19)11-8-10-12(9-6-4-3-5-7-9)18-21-14(10)17-13(11)16/h3-8H,2H2,1H3,(H2,16,17). The van der Waals surface area contributed by atoms with Gasteiger partial charge in [0.25, 0.3) is 5.71 Å². The van der Waals surface area contributed by atoms with E-state index in [0.29, 0.717) is 16.8 Å². The van der Waals surface area contributed by atoms with Crippen LogP contribution in [0.25, 0.3) is 22.4 Å². The van der Waals surface area contributed by atoms with Crippen LogP contribution in [0.4, 0.5) is 5.82 Å². The molecule has 0 radical (unpaired) electrons. The van der Waals surface area contributed by atoms with Gasteiger partial charge in [-0.05, 0) is 13.0 Å². The maximum absolute atomic E-state index is 11.9. The number of pyridine rings is 1. The maximum atomic E-state index is 11.9. The number of nitrogen functional groups attached to an aromatic ring is 1. The number of aromatic nitrogens is 2. The zero-order valence-electron chi connectivity index (χ0n) is 11.4. The maximum Gasteiger partial charge on any atom is 0.341 e. The highest BCUT2D eigenvalue weighted by atomic mass is 16.5. The summed E-state index contributed by atoms with van der Waals surface area (Å²) in [6.45, 7) is 2.00. The van der Waals surface area contributed by atoms with Gasteiger partial charge in [0, 0.05) is 5.56 Å². The molecule has 3 rings (SSSR count). The second kappa shape index (κ2) is 5.24. The molecular formula is C15H13N3O3. The first-order valence-electron chi connectivity index (χ1n) is 6.49. The number of esters is 1. The van der Waals surface area contributed by atoms with Gasteiger partial charge in [0.2, 0.25) is 0 Å². The number of hydrogen-bond acceptors (Lipinski definition) is 6. The summed E-state index contributed by atoms with van der Waals surface area (Å²) in [5, 5.41) is 4.63. The number of carbonyl (C=O) groups is 1. The van der Waals surface area contributed by atoms with Crippen molar-refractivity contribution in [1.82, 2.24) is 10.1 Å². The molecule has 3 aromatic rings. The van der Waals surface area contributed by atoms with E-state index in [1.165, 1.54) is 0 Å². The van der Waals surface area contributed by atoms with E-state index in [9.17, 15) is 4.79 Å². The highest BCUT2D eigenvalue weighted by Gasteiger charge is 2.18. The van der Waals surface area contributed by atoms with Crippen LogP contribution in [0.15, 0.2) is 40.9 Å². The van der Waals surface area contributed by atoms with E-state index in [2.05, 4.69) is 10.1 Å². The first kappa shape index (κ1) is 13.1. The molecule has 0 saturated heterocycles. The molecule has 1 aromatic carbocycles. The Kier molecular flexibility index (Phi) is 3.27. The summed E-state index contributed by atoms with van der Waals surface area (Å²) in [5.41, 5.74) is 7.76. The molecule has 0 saturated carbocycles. The zero-order chi connectivity index (χ0) is 14.8. The molecule has 2 aromatic heterocycles. The van der Waals surface area contributed by atoms with E-state index in [-0.39, 0.29) is 18.0 Å². The van der Waals surface area contributed by atoms with Crippen molar-refractivity contribution >= 4 is 22.9 Å². The Bertz CT molecular complexity index is 797. The second-order valence-corrected chi connectivity index (χ2v) is 4.39. The molecule has 106 valence electrons. The number of nitrogens with zero attached hydrogens (tertiary/aromatic N) is 2. The number of anilines is 1. The van der Waals surface area contributed by atoms with Gasteiger partial charge >= 0.3 is 5.97 Å². The van der Waals surface area contributed by atoms with Crippen LogP contribution in [0.3, 0.4) is 0 Å². The third kappa shape index (κ3) is 2.31. The smallest absolute Gasteiger partial charge is 0.341 e. The normalized spacial score (nSPS) is 10.7. The molecule has 2 N–H and O–H groups in total. The van der Waals surface area contributed by atoms with Gasteiger partial charge in [-0.15, -0.1) is 0 Å². The van der Waals surface area contributed by atoms with Gasteiger partial charge in [-0.2, -0.15) is 4.98 Å². The fourth-order valence-electron chi connectivity index (χ4n) is 2.06. The number of carbonyl (C=O) groups excluding carboxylic acids is 1. The van der Waals surface area contributed by atoms with Crippen LogP contribution in [0.2, 0.25) is 0 Å². The number of fused-ring (bicyclic) bond motifs is 1. The van der Waals surface area contributed by atoms with Crippen LogP contribution < -0.4 is 5.73 Å². The van der Waals surface area contributed by atoms with Crippen LogP contribution >= 0.6 is 0 Å². The summed E-state index contributed by atoms with van der Waals surface area (Å²) in [4.78, 5) is 16.0. The molecule has 6 nitrogen and oxygen atoms in total. The fourth-order valence-corrected chi connectivity index (χ4v) is 2.06. The van der Waals surface area contributed by atoms with Gasteiger partial charge in [0.15, 0.2) is 0 Å². The fraction of sp³-hybridized carbons (Fsp3) is 0.133. The summed E-state index contributed by atoms with van der Waals surface area (Å²) in [6, 6.07) is 11.1. The van der Waals surface area contributed by atoms with Crippen LogP contribution in [0.1, 0.15) is 17.3 Å². The lowest BCUT2D eigenvalue weighted by Crippen LogP contribution is -2.09. The summed E-state index contributed by atoms with van der Waals surface area (Å²) >= 11 is 0. The topological polar surface area (TPSA) is 91.2 Å². The summed E-state index contributed by atoms with van der Waals surface area (Å²) in [6.07, 6.45) is 0. The average molecular weight is 283 g/mol. The largest absolute Gasteiger partial charge is 0.462 e. The molecule has 0 aliphatic rings.